The van der Waals surface area contributed by atoms with Crippen LogP contribution in [0.4, 0.5) is 0 Å². The third kappa shape index (κ3) is 9.09. The molecule has 0 saturated carbocycles. The fourth-order valence-electron chi connectivity index (χ4n) is 2.50. The van der Waals surface area contributed by atoms with Gasteiger partial charge in [-0.1, -0.05) is 10.4 Å². The smallest absolute Gasteiger partial charge is 0.0909 e. The lowest BCUT2D eigenvalue weighted by Crippen LogP contribution is -2.48. The number of hydrogen-bond acceptors (Lipinski definition) is 6. The van der Waals surface area contributed by atoms with Gasteiger partial charge in [-0.25, -0.2) is 0 Å². The molecule has 0 spiro atoms. The monoisotopic (exact) mass is 286 g/mol. The maximum Gasteiger partial charge on any atom is 0.0909 e. The van der Waals surface area contributed by atoms with E-state index < -0.39 is 0 Å². The molecular formula is C14H30N4O2. The van der Waals surface area contributed by atoms with Gasteiger partial charge < -0.3 is 10.6 Å². The molecule has 0 fully saturated rings. The summed E-state index contributed by atoms with van der Waals surface area (Å²) in [5, 5.41) is 12.9. The number of nitrogens with zero attached hydrogens (tertiary/aromatic N) is 2. The van der Waals surface area contributed by atoms with E-state index in [1.165, 1.54) is 0 Å². The Morgan fingerprint density at radius 1 is 0.800 bits per heavy atom. The van der Waals surface area contributed by atoms with Gasteiger partial charge in [0.05, 0.1) is 12.1 Å². The van der Waals surface area contributed by atoms with Crippen LogP contribution in [0.25, 0.3) is 0 Å². The Morgan fingerprint density at radius 3 is 1.35 bits per heavy atom. The van der Waals surface area contributed by atoms with E-state index >= 15 is 0 Å². The molecule has 0 heterocycles. The van der Waals surface area contributed by atoms with Crippen molar-refractivity contribution in [1.29, 1.82) is 0 Å². The predicted molar refractivity (Wildman–Crippen MR) is 83.9 cm³/mol. The molecule has 0 aliphatic heterocycles. The zero-order chi connectivity index (χ0) is 15.8. The number of hydrogen-bond donors (Lipinski definition) is 2. The van der Waals surface area contributed by atoms with Crippen molar-refractivity contribution < 1.29 is 0 Å². The van der Waals surface area contributed by atoms with Crippen LogP contribution in [0.1, 0.15) is 54.4 Å². The minimum Gasteiger partial charge on any atom is -0.310 e. The molecule has 0 aliphatic rings. The van der Waals surface area contributed by atoms with Crippen molar-refractivity contribution in [2.75, 3.05) is 13.1 Å². The summed E-state index contributed by atoms with van der Waals surface area (Å²) in [6, 6.07) is -0.358. The van der Waals surface area contributed by atoms with Gasteiger partial charge in [-0.2, -0.15) is 9.81 Å². The van der Waals surface area contributed by atoms with Crippen molar-refractivity contribution in [1.82, 2.24) is 10.6 Å². The Kier molecular flexibility index (Phi) is 8.05. The van der Waals surface area contributed by atoms with Gasteiger partial charge in [0, 0.05) is 24.2 Å². The van der Waals surface area contributed by atoms with E-state index in [4.69, 9.17) is 0 Å². The third-order valence-electron chi connectivity index (χ3n) is 3.30. The van der Waals surface area contributed by atoms with Crippen molar-refractivity contribution >= 4 is 0 Å². The van der Waals surface area contributed by atoms with Gasteiger partial charge in [0.15, 0.2) is 0 Å². The van der Waals surface area contributed by atoms with Crippen LogP contribution in [0.2, 0.25) is 0 Å². The average molecular weight is 286 g/mol. The zero-order valence-electron chi connectivity index (χ0n) is 13.7. The molecule has 0 amide bonds. The van der Waals surface area contributed by atoms with Gasteiger partial charge in [0.2, 0.25) is 0 Å². The number of nitroso groups, excluding NO2 is 2. The molecule has 20 heavy (non-hydrogen) atoms. The van der Waals surface area contributed by atoms with E-state index in [0.717, 1.165) is 13.1 Å². The van der Waals surface area contributed by atoms with Crippen LogP contribution in [0, 0.1) is 9.81 Å². The van der Waals surface area contributed by atoms with Gasteiger partial charge in [-0.3, -0.25) is 0 Å². The lowest BCUT2D eigenvalue weighted by Gasteiger charge is -2.30. The highest BCUT2D eigenvalue weighted by atomic mass is 16.3. The molecule has 0 bridgehead atoms. The predicted octanol–water partition coefficient (Wildman–Crippen LogP) is 2.81. The molecule has 0 saturated heterocycles. The molecule has 0 aromatic heterocycles. The van der Waals surface area contributed by atoms with Gasteiger partial charge >= 0.3 is 0 Å². The maximum absolute atomic E-state index is 10.5. The summed E-state index contributed by atoms with van der Waals surface area (Å²) in [5.41, 5.74) is -0.229. The molecule has 2 atom stereocenters. The van der Waals surface area contributed by atoms with E-state index in [0.29, 0.717) is 12.8 Å². The summed E-state index contributed by atoms with van der Waals surface area (Å²) in [7, 11) is 0. The first-order chi connectivity index (χ1) is 9.12. The third-order valence-corrected chi connectivity index (χ3v) is 3.30. The van der Waals surface area contributed by atoms with Crippen molar-refractivity contribution in [3.05, 3.63) is 9.81 Å². The van der Waals surface area contributed by atoms with Crippen molar-refractivity contribution in [3.63, 3.8) is 0 Å². The first kappa shape index (κ1) is 19.1. The van der Waals surface area contributed by atoms with Crippen LogP contribution < -0.4 is 10.6 Å². The highest BCUT2D eigenvalue weighted by Crippen LogP contribution is 2.14. The van der Waals surface area contributed by atoms with Crippen molar-refractivity contribution in [2.45, 2.75) is 77.5 Å². The van der Waals surface area contributed by atoms with Gasteiger partial charge in [0.1, 0.15) is 0 Å². The highest BCUT2D eigenvalue weighted by molar-refractivity contribution is 4.85. The van der Waals surface area contributed by atoms with Gasteiger partial charge in [-0.05, 0) is 54.4 Å². The van der Waals surface area contributed by atoms with Gasteiger partial charge in [-0.15, -0.1) is 0 Å². The van der Waals surface area contributed by atoms with Crippen LogP contribution in [-0.2, 0) is 0 Å². The van der Waals surface area contributed by atoms with Crippen LogP contribution in [0.15, 0.2) is 10.4 Å². The van der Waals surface area contributed by atoms with Crippen LogP contribution in [-0.4, -0.2) is 36.3 Å². The lowest BCUT2D eigenvalue weighted by molar-refractivity contribution is 0.308. The lowest BCUT2D eigenvalue weighted by atomic mass is 9.95. The Hall–Kier alpha value is -0.880. The van der Waals surface area contributed by atoms with Crippen LogP contribution >= 0.6 is 0 Å². The number of nitrogens with one attached hydrogen (secondary N) is 2. The maximum atomic E-state index is 10.5. The summed E-state index contributed by atoms with van der Waals surface area (Å²) in [5.74, 6) is 0. The Labute approximate surface area is 122 Å². The molecular weight excluding hydrogens is 256 g/mol. The van der Waals surface area contributed by atoms with Crippen LogP contribution in [0.3, 0.4) is 0 Å². The molecule has 0 radical (unpaired) electrons. The second-order valence-electron chi connectivity index (χ2n) is 6.94. The second kappa shape index (κ2) is 8.42. The summed E-state index contributed by atoms with van der Waals surface area (Å²) in [4.78, 5) is 20.9. The Morgan fingerprint density at radius 2 is 1.10 bits per heavy atom. The fourth-order valence-corrected chi connectivity index (χ4v) is 2.50. The van der Waals surface area contributed by atoms with Gasteiger partial charge in [0.25, 0.3) is 0 Å². The Balaban J connectivity index is 4.00. The molecule has 0 aromatic carbocycles. The molecule has 2 unspecified atom stereocenters. The summed E-state index contributed by atoms with van der Waals surface area (Å²) < 4.78 is 0. The average Bonchev–Trinajstić information content (AvgIpc) is 2.33. The molecule has 0 aliphatic carbocycles. The van der Waals surface area contributed by atoms with Crippen molar-refractivity contribution in [3.8, 4) is 0 Å². The molecule has 0 aromatic rings. The molecule has 0 rings (SSSR count). The number of rotatable bonds is 11. The first-order valence-electron chi connectivity index (χ1n) is 7.27. The summed E-state index contributed by atoms with van der Waals surface area (Å²) >= 11 is 0. The van der Waals surface area contributed by atoms with E-state index in [9.17, 15) is 9.81 Å². The minimum absolute atomic E-state index is 0.114. The van der Waals surface area contributed by atoms with E-state index in [1.807, 2.05) is 13.8 Å². The van der Waals surface area contributed by atoms with E-state index in [2.05, 4.69) is 48.7 Å². The summed E-state index contributed by atoms with van der Waals surface area (Å²) in [6.07, 6.45) is 1.43. The molecule has 118 valence electrons. The zero-order valence-corrected chi connectivity index (χ0v) is 13.7. The minimum atomic E-state index is -0.179. The normalized spacial score (nSPS) is 15.7. The second-order valence-corrected chi connectivity index (χ2v) is 6.94. The first-order valence-corrected chi connectivity index (χ1v) is 7.27. The Bertz CT molecular complexity index is 276. The molecule has 6 heteroatoms. The fraction of sp³-hybridized carbons (Fsp3) is 1.00. The van der Waals surface area contributed by atoms with Crippen LogP contribution in [0.5, 0.6) is 0 Å². The van der Waals surface area contributed by atoms with Crippen molar-refractivity contribution in [2.24, 2.45) is 10.4 Å². The molecule has 2 N–H and O–H groups in total. The van der Waals surface area contributed by atoms with E-state index in [1.54, 1.807) is 0 Å². The molecule has 6 nitrogen and oxygen atoms in total. The topological polar surface area (TPSA) is 82.9 Å². The quantitative estimate of drug-likeness (QED) is 0.452. The summed E-state index contributed by atoms with van der Waals surface area (Å²) in [6.45, 7) is 13.5. The largest absolute Gasteiger partial charge is 0.310 e. The highest BCUT2D eigenvalue weighted by Gasteiger charge is 2.23. The van der Waals surface area contributed by atoms with E-state index in [-0.39, 0.29) is 23.2 Å². The standard InChI is InChI=1S/C14H30N4O2/c1-11(17-19)9-13(3,4)15-7-8-16-14(5,6)10-12(2)18-20/h11-12,15-16H,7-10H2,1-6H3. The SMILES string of the molecule is CC(CC(C)(C)NCCNC(C)(C)CC(C)N=O)N=O.